The van der Waals surface area contributed by atoms with E-state index in [0.29, 0.717) is 5.54 Å². The SMILES string of the molecule is CCCC1(CN(C)CC2CCOCC2)CCCN1. The van der Waals surface area contributed by atoms with Crippen LogP contribution in [0.25, 0.3) is 0 Å². The van der Waals surface area contributed by atoms with Crippen LogP contribution in [0.3, 0.4) is 0 Å². The van der Waals surface area contributed by atoms with Gasteiger partial charge in [-0.05, 0) is 51.6 Å². The molecule has 0 amide bonds. The second-order valence-corrected chi connectivity index (χ2v) is 6.31. The van der Waals surface area contributed by atoms with Crippen LogP contribution in [0.2, 0.25) is 0 Å². The molecule has 2 aliphatic heterocycles. The van der Waals surface area contributed by atoms with Crippen molar-refractivity contribution >= 4 is 0 Å². The second kappa shape index (κ2) is 6.88. The molecule has 1 unspecified atom stereocenters. The van der Waals surface area contributed by atoms with Crippen molar-refractivity contribution < 1.29 is 4.74 Å². The molecule has 3 nitrogen and oxygen atoms in total. The lowest BCUT2D eigenvalue weighted by Gasteiger charge is -2.36. The van der Waals surface area contributed by atoms with Gasteiger partial charge in [-0.3, -0.25) is 0 Å². The first-order chi connectivity index (χ1) is 8.74. The molecule has 0 aliphatic carbocycles. The van der Waals surface area contributed by atoms with E-state index in [1.54, 1.807) is 0 Å². The van der Waals surface area contributed by atoms with E-state index in [9.17, 15) is 0 Å². The summed E-state index contributed by atoms with van der Waals surface area (Å²) in [6, 6.07) is 0. The molecule has 2 aliphatic rings. The Morgan fingerprint density at radius 1 is 1.33 bits per heavy atom. The molecular formula is C15H30N2O. The van der Waals surface area contributed by atoms with E-state index in [2.05, 4.69) is 24.2 Å². The summed E-state index contributed by atoms with van der Waals surface area (Å²) in [4.78, 5) is 2.56. The molecule has 0 aromatic rings. The van der Waals surface area contributed by atoms with Crippen molar-refractivity contribution in [3.8, 4) is 0 Å². The predicted molar refractivity (Wildman–Crippen MR) is 75.9 cm³/mol. The van der Waals surface area contributed by atoms with Crippen LogP contribution in [0.5, 0.6) is 0 Å². The Labute approximate surface area is 112 Å². The van der Waals surface area contributed by atoms with Crippen molar-refractivity contribution in [1.29, 1.82) is 0 Å². The van der Waals surface area contributed by atoms with Crippen LogP contribution in [0.4, 0.5) is 0 Å². The summed E-state index contributed by atoms with van der Waals surface area (Å²) in [5.41, 5.74) is 0.411. The number of nitrogens with zero attached hydrogens (tertiary/aromatic N) is 1. The fourth-order valence-electron chi connectivity index (χ4n) is 3.73. The molecule has 0 bridgehead atoms. The Bertz CT molecular complexity index is 233. The molecule has 1 atom stereocenters. The van der Waals surface area contributed by atoms with Gasteiger partial charge in [0.05, 0.1) is 0 Å². The topological polar surface area (TPSA) is 24.5 Å². The summed E-state index contributed by atoms with van der Waals surface area (Å²) < 4.78 is 5.44. The molecule has 2 saturated heterocycles. The number of ether oxygens (including phenoxy) is 1. The molecule has 2 heterocycles. The van der Waals surface area contributed by atoms with E-state index in [-0.39, 0.29) is 0 Å². The van der Waals surface area contributed by atoms with Gasteiger partial charge in [-0.15, -0.1) is 0 Å². The highest BCUT2D eigenvalue weighted by molar-refractivity contribution is 4.95. The summed E-state index contributed by atoms with van der Waals surface area (Å²) in [5, 5.41) is 3.77. The molecule has 2 fully saturated rings. The molecule has 1 N–H and O–H groups in total. The van der Waals surface area contributed by atoms with Gasteiger partial charge in [-0.25, -0.2) is 0 Å². The van der Waals surface area contributed by atoms with Gasteiger partial charge in [0.2, 0.25) is 0 Å². The van der Waals surface area contributed by atoms with Crippen LogP contribution in [0.1, 0.15) is 45.4 Å². The summed E-state index contributed by atoms with van der Waals surface area (Å²) in [7, 11) is 2.30. The minimum absolute atomic E-state index is 0.411. The number of nitrogens with one attached hydrogen (secondary N) is 1. The Kier molecular flexibility index (Phi) is 5.46. The van der Waals surface area contributed by atoms with Gasteiger partial charge in [0.25, 0.3) is 0 Å². The van der Waals surface area contributed by atoms with E-state index in [0.717, 1.165) is 19.1 Å². The van der Waals surface area contributed by atoms with Crippen molar-refractivity contribution in [2.75, 3.05) is 39.9 Å². The normalized spacial score (nSPS) is 30.2. The first kappa shape index (κ1) is 14.3. The van der Waals surface area contributed by atoms with Crippen LogP contribution in [-0.4, -0.2) is 50.3 Å². The molecule has 0 saturated carbocycles. The fraction of sp³-hybridized carbons (Fsp3) is 1.00. The third kappa shape index (κ3) is 3.94. The molecule has 106 valence electrons. The Balaban J connectivity index is 1.78. The number of likely N-dealkylation sites (N-methyl/N-ethyl adjacent to an activating group) is 1. The maximum Gasteiger partial charge on any atom is 0.0469 e. The van der Waals surface area contributed by atoms with Crippen molar-refractivity contribution in [3.63, 3.8) is 0 Å². The number of hydrogen-bond donors (Lipinski definition) is 1. The number of hydrogen-bond acceptors (Lipinski definition) is 3. The maximum atomic E-state index is 5.44. The van der Waals surface area contributed by atoms with Gasteiger partial charge < -0.3 is 15.0 Å². The minimum atomic E-state index is 0.411. The standard InChI is InChI=1S/C15H30N2O/c1-3-7-15(8-4-9-16-15)13-17(2)12-14-5-10-18-11-6-14/h14,16H,3-13H2,1-2H3. The van der Waals surface area contributed by atoms with Crippen LogP contribution >= 0.6 is 0 Å². The predicted octanol–water partition coefficient (Wildman–Crippen LogP) is 2.27. The van der Waals surface area contributed by atoms with Crippen molar-refractivity contribution in [1.82, 2.24) is 10.2 Å². The van der Waals surface area contributed by atoms with Crippen molar-refractivity contribution in [2.24, 2.45) is 5.92 Å². The molecule has 18 heavy (non-hydrogen) atoms. The lowest BCUT2D eigenvalue weighted by Crippen LogP contribution is -2.49. The minimum Gasteiger partial charge on any atom is -0.381 e. The van der Waals surface area contributed by atoms with E-state index in [1.165, 1.54) is 58.2 Å². The summed E-state index contributed by atoms with van der Waals surface area (Å²) in [5.74, 6) is 0.851. The maximum absolute atomic E-state index is 5.44. The quantitative estimate of drug-likeness (QED) is 0.787. The van der Waals surface area contributed by atoms with Crippen molar-refractivity contribution in [2.45, 2.75) is 51.0 Å². The first-order valence-corrected chi connectivity index (χ1v) is 7.75. The van der Waals surface area contributed by atoms with Gasteiger partial charge in [0.1, 0.15) is 0 Å². The largest absolute Gasteiger partial charge is 0.381 e. The van der Waals surface area contributed by atoms with Crippen LogP contribution < -0.4 is 5.32 Å². The fourth-order valence-corrected chi connectivity index (χ4v) is 3.73. The molecule has 0 radical (unpaired) electrons. The van der Waals surface area contributed by atoms with E-state index >= 15 is 0 Å². The highest BCUT2D eigenvalue weighted by atomic mass is 16.5. The Hall–Kier alpha value is -0.120. The number of rotatable bonds is 6. The highest BCUT2D eigenvalue weighted by Gasteiger charge is 2.33. The second-order valence-electron chi connectivity index (χ2n) is 6.31. The van der Waals surface area contributed by atoms with Gasteiger partial charge in [0.15, 0.2) is 0 Å². The molecule has 3 heteroatoms. The molecule has 2 rings (SSSR count). The average Bonchev–Trinajstić information content (AvgIpc) is 2.79. The van der Waals surface area contributed by atoms with Crippen LogP contribution in [0, 0.1) is 5.92 Å². The zero-order chi connectivity index (χ0) is 12.8. The zero-order valence-electron chi connectivity index (χ0n) is 12.2. The highest BCUT2D eigenvalue weighted by Crippen LogP contribution is 2.26. The lowest BCUT2D eigenvalue weighted by atomic mass is 9.90. The summed E-state index contributed by atoms with van der Waals surface area (Å²) in [6.07, 6.45) is 7.82. The molecular weight excluding hydrogens is 224 g/mol. The van der Waals surface area contributed by atoms with E-state index in [4.69, 9.17) is 4.74 Å². The smallest absolute Gasteiger partial charge is 0.0469 e. The Morgan fingerprint density at radius 2 is 2.11 bits per heavy atom. The van der Waals surface area contributed by atoms with Crippen LogP contribution in [-0.2, 0) is 4.74 Å². The molecule has 0 aromatic carbocycles. The molecule has 0 spiro atoms. The average molecular weight is 254 g/mol. The zero-order valence-corrected chi connectivity index (χ0v) is 12.2. The van der Waals surface area contributed by atoms with Crippen molar-refractivity contribution in [3.05, 3.63) is 0 Å². The van der Waals surface area contributed by atoms with Crippen LogP contribution in [0.15, 0.2) is 0 Å². The van der Waals surface area contributed by atoms with Gasteiger partial charge in [0, 0.05) is 31.8 Å². The third-order valence-corrected chi connectivity index (χ3v) is 4.54. The van der Waals surface area contributed by atoms with Gasteiger partial charge in [-0.2, -0.15) is 0 Å². The lowest BCUT2D eigenvalue weighted by molar-refractivity contribution is 0.0521. The molecule has 0 aromatic heterocycles. The van der Waals surface area contributed by atoms with E-state index in [1.807, 2.05) is 0 Å². The van der Waals surface area contributed by atoms with Gasteiger partial charge in [-0.1, -0.05) is 13.3 Å². The third-order valence-electron chi connectivity index (χ3n) is 4.54. The summed E-state index contributed by atoms with van der Waals surface area (Å²) in [6.45, 7) is 7.92. The first-order valence-electron chi connectivity index (χ1n) is 7.75. The summed E-state index contributed by atoms with van der Waals surface area (Å²) >= 11 is 0. The van der Waals surface area contributed by atoms with Gasteiger partial charge >= 0.3 is 0 Å². The monoisotopic (exact) mass is 254 g/mol. The Morgan fingerprint density at radius 3 is 2.72 bits per heavy atom. The van der Waals surface area contributed by atoms with E-state index < -0.39 is 0 Å².